The monoisotopic (exact) mass is 320 g/mol. The maximum absolute atomic E-state index is 11.9. The van der Waals surface area contributed by atoms with Gasteiger partial charge in [0.2, 0.25) is 0 Å². The van der Waals surface area contributed by atoms with E-state index in [0.717, 1.165) is 0 Å². The van der Waals surface area contributed by atoms with Crippen molar-refractivity contribution in [2.75, 3.05) is 19.6 Å². The van der Waals surface area contributed by atoms with E-state index in [1.54, 1.807) is 20.8 Å². The van der Waals surface area contributed by atoms with Gasteiger partial charge in [-0.15, -0.1) is 0 Å². The first-order valence-electron chi connectivity index (χ1n) is 6.80. The Morgan fingerprint density at radius 3 is 2.36 bits per heavy atom. The molecular formula is C14H19F3N2O3. The molecule has 1 saturated heterocycles. The first-order valence-corrected chi connectivity index (χ1v) is 6.80. The summed E-state index contributed by atoms with van der Waals surface area (Å²) in [6, 6.07) is 0. The Kier molecular flexibility index (Phi) is 5.69. The summed E-state index contributed by atoms with van der Waals surface area (Å²) in [5, 5.41) is 2.07. The molecule has 1 aliphatic heterocycles. The number of rotatable bonds is 2. The van der Waals surface area contributed by atoms with Crippen molar-refractivity contribution < 1.29 is 27.5 Å². The molecule has 2 amide bonds. The molecule has 1 N–H and O–H groups in total. The van der Waals surface area contributed by atoms with E-state index < -0.39 is 36.7 Å². The van der Waals surface area contributed by atoms with E-state index in [9.17, 15) is 22.8 Å². The van der Waals surface area contributed by atoms with Crippen LogP contribution in [0.3, 0.4) is 0 Å². The van der Waals surface area contributed by atoms with Crippen LogP contribution in [0.2, 0.25) is 0 Å². The minimum Gasteiger partial charge on any atom is -0.444 e. The molecule has 0 aromatic heterocycles. The molecule has 0 aromatic rings. The van der Waals surface area contributed by atoms with Gasteiger partial charge in [0.05, 0.1) is 12.3 Å². The summed E-state index contributed by atoms with van der Waals surface area (Å²) in [7, 11) is 0. The standard InChI is InChI=1S/C14H19F3N2O3/c1-13(2,3)22-12(21)19-8-10(9-19)4-5-11(20)18-7-6-14(15,16)17/h10H,6-9H2,1-3H3,(H,18,20). The quantitative estimate of drug-likeness (QED) is 0.791. The normalized spacial score (nSPS) is 15.5. The summed E-state index contributed by atoms with van der Waals surface area (Å²) in [5.74, 6) is 3.94. The summed E-state index contributed by atoms with van der Waals surface area (Å²) < 4.78 is 40.8. The minimum atomic E-state index is -4.30. The first-order chi connectivity index (χ1) is 9.96. The molecule has 0 unspecified atom stereocenters. The molecule has 1 aliphatic rings. The maximum Gasteiger partial charge on any atom is 0.410 e. The third kappa shape index (κ3) is 7.20. The van der Waals surface area contributed by atoms with Crippen LogP contribution in [0, 0.1) is 17.8 Å². The molecule has 0 aliphatic carbocycles. The van der Waals surface area contributed by atoms with Crippen LogP contribution in [0.25, 0.3) is 0 Å². The van der Waals surface area contributed by atoms with E-state index in [-0.39, 0.29) is 5.92 Å². The van der Waals surface area contributed by atoms with Crippen LogP contribution in [-0.4, -0.2) is 48.3 Å². The van der Waals surface area contributed by atoms with Crippen molar-refractivity contribution in [3.8, 4) is 11.8 Å². The van der Waals surface area contributed by atoms with E-state index in [2.05, 4.69) is 17.2 Å². The van der Waals surface area contributed by atoms with Crippen molar-refractivity contribution in [1.29, 1.82) is 0 Å². The van der Waals surface area contributed by atoms with Gasteiger partial charge in [0.15, 0.2) is 0 Å². The van der Waals surface area contributed by atoms with E-state index >= 15 is 0 Å². The number of carbonyl (C=O) groups excluding carboxylic acids is 2. The van der Waals surface area contributed by atoms with Gasteiger partial charge >= 0.3 is 12.3 Å². The van der Waals surface area contributed by atoms with Crippen LogP contribution < -0.4 is 5.32 Å². The summed E-state index contributed by atoms with van der Waals surface area (Å²) >= 11 is 0. The van der Waals surface area contributed by atoms with E-state index in [1.807, 2.05) is 0 Å². The third-order valence-electron chi connectivity index (χ3n) is 2.62. The van der Waals surface area contributed by atoms with Gasteiger partial charge < -0.3 is 15.0 Å². The number of nitrogens with one attached hydrogen (secondary N) is 1. The number of amides is 2. The summed E-state index contributed by atoms with van der Waals surface area (Å²) in [6.45, 7) is 5.47. The molecule has 0 spiro atoms. The Bertz CT molecular complexity index is 480. The van der Waals surface area contributed by atoms with Gasteiger partial charge in [-0.1, -0.05) is 5.92 Å². The van der Waals surface area contributed by atoms with Crippen LogP contribution in [0.5, 0.6) is 0 Å². The molecule has 5 nitrogen and oxygen atoms in total. The van der Waals surface area contributed by atoms with Gasteiger partial charge in [-0.3, -0.25) is 4.79 Å². The molecule has 8 heteroatoms. The number of nitrogens with zero attached hydrogens (tertiary/aromatic N) is 1. The number of hydrogen-bond acceptors (Lipinski definition) is 3. The number of carbonyl (C=O) groups is 2. The van der Waals surface area contributed by atoms with Crippen molar-refractivity contribution in [3.63, 3.8) is 0 Å². The highest BCUT2D eigenvalue weighted by atomic mass is 19.4. The molecule has 0 bridgehead atoms. The van der Waals surface area contributed by atoms with Gasteiger partial charge in [0.25, 0.3) is 5.91 Å². The lowest BCUT2D eigenvalue weighted by Crippen LogP contribution is -2.51. The first kappa shape index (κ1) is 18.1. The molecule has 1 rings (SSSR count). The van der Waals surface area contributed by atoms with E-state index in [0.29, 0.717) is 13.1 Å². The predicted octanol–water partition coefficient (Wildman–Crippen LogP) is 1.93. The average Bonchev–Trinajstić information content (AvgIpc) is 2.22. The second kappa shape index (κ2) is 6.90. The fraction of sp³-hybridized carbons (Fsp3) is 0.714. The Hall–Kier alpha value is -1.91. The number of likely N-dealkylation sites (tertiary alicyclic amines) is 1. The summed E-state index contributed by atoms with van der Waals surface area (Å²) in [5.41, 5.74) is -0.577. The van der Waals surface area contributed by atoms with E-state index in [4.69, 9.17) is 4.74 Å². The lowest BCUT2D eigenvalue weighted by atomic mass is 10.0. The Morgan fingerprint density at radius 1 is 1.27 bits per heavy atom. The van der Waals surface area contributed by atoms with Crippen LogP contribution in [0.1, 0.15) is 27.2 Å². The number of hydrogen-bond donors (Lipinski definition) is 1. The van der Waals surface area contributed by atoms with Crippen LogP contribution in [0.4, 0.5) is 18.0 Å². The fourth-order valence-corrected chi connectivity index (χ4v) is 1.57. The van der Waals surface area contributed by atoms with Crippen molar-refractivity contribution in [2.45, 2.75) is 39.0 Å². The zero-order chi connectivity index (χ0) is 17.0. The number of ether oxygens (including phenoxy) is 1. The lowest BCUT2D eigenvalue weighted by molar-refractivity contribution is -0.134. The lowest BCUT2D eigenvalue weighted by Gasteiger charge is -2.37. The highest BCUT2D eigenvalue weighted by Crippen LogP contribution is 2.19. The SMILES string of the molecule is CC(C)(C)OC(=O)N1CC(C#CC(=O)NCCC(F)(F)F)C1. The molecule has 0 aromatic carbocycles. The Balaban J connectivity index is 2.26. The summed E-state index contributed by atoms with van der Waals surface area (Å²) in [4.78, 5) is 24.3. The van der Waals surface area contributed by atoms with Gasteiger partial charge in [-0.05, 0) is 26.7 Å². The topological polar surface area (TPSA) is 58.6 Å². The molecule has 0 radical (unpaired) electrons. The van der Waals surface area contributed by atoms with Gasteiger partial charge in [0, 0.05) is 19.6 Å². The van der Waals surface area contributed by atoms with Crippen LogP contribution >= 0.6 is 0 Å². The Morgan fingerprint density at radius 2 is 1.86 bits per heavy atom. The maximum atomic E-state index is 11.9. The molecule has 124 valence electrons. The van der Waals surface area contributed by atoms with Crippen LogP contribution in [-0.2, 0) is 9.53 Å². The average molecular weight is 320 g/mol. The molecule has 1 heterocycles. The number of halogens is 3. The zero-order valence-electron chi connectivity index (χ0n) is 12.7. The molecule has 1 fully saturated rings. The molecule has 0 saturated carbocycles. The second-order valence-electron chi connectivity index (χ2n) is 5.97. The van der Waals surface area contributed by atoms with Crippen molar-refractivity contribution in [1.82, 2.24) is 10.2 Å². The molecular weight excluding hydrogens is 301 g/mol. The fourth-order valence-electron chi connectivity index (χ4n) is 1.57. The highest BCUT2D eigenvalue weighted by molar-refractivity contribution is 5.93. The predicted molar refractivity (Wildman–Crippen MR) is 72.8 cm³/mol. The molecule has 22 heavy (non-hydrogen) atoms. The van der Waals surface area contributed by atoms with Crippen LogP contribution in [0.15, 0.2) is 0 Å². The van der Waals surface area contributed by atoms with Crippen molar-refractivity contribution >= 4 is 12.0 Å². The van der Waals surface area contributed by atoms with Gasteiger partial charge in [0.1, 0.15) is 5.60 Å². The van der Waals surface area contributed by atoms with Crippen molar-refractivity contribution in [3.05, 3.63) is 0 Å². The zero-order valence-corrected chi connectivity index (χ0v) is 12.7. The third-order valence-corrected chi connectivity index (χ3v) is 2.62. The largest absolute Gasteiger partial charge is 0.444 e. The Labute approximate surface area is 127 Å². The van der Waals surface area contributed by atoms with Gasteiger partial charge in [-0.25, -0.2) is 4.79 Å². The van der Waals surface area contributed by atoms with Gasteiger partial charge in [-0.2, -0.15) is 13.2 Å². The molecule has 0 atom stereocenters. The van der Waals surface area contributed by atoms with E-state index in [1.165, 1.54) is 4.90 Å². The number of alkyl halides is 3. The second-order valence-corrected chi connectivity index (χ2v) is 5.97. The van der Waals surface area contributed by atoms with Crippen molar-refractivity contribution in [2.24, 2.45) is 5.92 Å². The summed E-state index contributed by atoms with van der Waals surface area (Å²) in [6.07, 6.45) is -5.83. The minimum absolute atomic E-state index is 0.166. The smallest absolute Gasteiger partial charge is 0.410 e. The highest BCUT2D eigenvalue weighted by Gasteiger charge is 2.32.